The van der Waals surface area contributed by atoms with E-state index < -0.39 is 0 Å². The molecular formula is C23H23ClN2O2. The van der Waals surface area contributed by atoms with Crippen molar-refractivity contribution in [2.45, 2.75) is 20.4 Å². The second kappa shape index (κ2) is 9.29. The first kappa shape index (κ1) is 19.8. The summed E-state index contributed by atoms with van der Waals surface area (Å²) in [4.78, 5) is 12.1. The van der Waals surface area contributed by atoms with Crippen molar-refractivity contribution in [1.82, 2.24) is 0 Å². The summed E-state index contributed by atoms with van der Waals surface area (Å²) in [5, 5.41) is 6.79. The third-order valence-electron chi connectivity index (χ3n) is 4.24. The molecule has 0 aliphatic heterocycles. The molecule has 4 nitrogen and oxygen atoms in total. The number of nitrogens with one attached hydrogen (secondary N) is 2. The molecule has 144 valence electrons. The number of rotatable bonds is 7. The lowest BCUT2D eigenvalue weighted by atomic mass is 10.2. The Kier molecular flexibility index (Phi) is 6.56. The van der Waals surface area contributed by atoms with Crippen LogP contribution in [0.4, 0.5) is 11.4 Å². The summed E-state index contributed by atoms with van der Waals surface area (Å²) < 4.78 is 5.63. The van der Waals surface area contributed by atoms with Gasteiger partial charge in [0.05, 0.1) is 0 Å². The van der Waals surface area contributed by atoms with E-state index in [1.165, 1.54) is 5.56 Å². The van der Waals surface area contributed by atoms with Crippen LogP contribution in [0.25, 0.3) is 0 Å². The molecule has 0 radical (unpaired) electrons. The highest BCUT2D eigenvalue weighted by Gasteiger charge is 2.06. The molecule has 0 bridgehead atoms. The van der Waals surface area contributed by atoms with E-state index in [2.05, 4.69) is 29.7 Å². The second-order valence-corrected chi connectivity index (χ2v) is 7.08. The monoisotopic (exact) mass is 394 g/mol. The molecule has 3 aromatic carbocycles. The standard InChI is InChI=1S/C23H23ClN2O2/c1-16-5-3-7-19(11-16)25-14-18-6-4-8-21(12-18)28-15-23(27)26-20-10-9-17(2)22(24)13-20/h3-13,25H,14-15H2,1-2H3,(H,26,27). The maximum atomic E-state index is 12.1. The fraction of sp³-hybridized carbons (Fsp3) is 0.174. The number of carbonyl (C=O) groups excluding carboxylic acids is 1. The fourth-order valence-corrected chi connectivity index (χ4v) is 2.90. The summed E-state index contributed by atoms with van der Waals surface area (Å²) in [6.07, 6.45) is 0. The smallest absolute Gasteiger partial charge is 0.262 e. The molecule has 0 atom stereocenters. The minimum Gasteiger partial charge on any atom is -0.484 e. The normalized spacial score (nSPS) is 10.4. The summed E-state index contributed by atoms with van der Waals surface area (Å²) in [7, 11) is 0. The first-order valence-electron chi connectivity index (χ1n) is 9.08. The van der Waals surface area contributed by atoms with Gasteiger partial charge in [-0.3, -0.25) is 4.79 Å². The highest BCUT2D eigenvalue weighted by Crippen LogP contribution is 2.20. The zero-order valence-corrected chi connectivity index (χ0v) is 16.7. The minimum absolute atomic E-state index is 0.0692. The maximum Gasteiger partial charge on any atom is 0.262 e. The van der Waals surface area contributed by atoms with E-state index in [-0.39, 0.29) is 12.5 Å². The minimum atomic E-state index is -0.233. The topological polar surface area (TPSA) is 50.4 Å². The molecule has 0 spiro atoms. The van der Waals surface area contributed by atoms with Crippen molar-refractivity contribution in [2.24, 2.45) is 0 Å². The van der Waals surface area contributed by atoms with Crippen LogP contribution in [0.5, 0.6) is 5.75 Å². The SMILES string of the molecule is Cc1cccc(NCc2cccc(OCC(=O)Nc3ccc(C)c(Cl)c3)c2)c1. The lowest BCUT2D eigenvalue weighted by molar-refractivity contribution is -0.118. The number of benzene rings is 3. The van der Waals surface area contributed by atoms with Crippen molar-refractivity contribution >= 4 is 28.9 Å². The Labute approximate surface area is 170 Å². The Hall–Kier alpha value is -2.98. The second-order valence-electron chi connectivity index (χ2n) is 6.67. The zero-order valence-electron chi connectivity index (χ0n) is 16.0. The summed E-state index contributed by atoms with van der Waals surface area (Å²) in [5.41, 5.74) is 4.97. The first-order chi connectivity index (χ1) is 13.5. The van der Waals surface area contributed by atoms with E-state index in [0.29, 0.717) is 23.0 Å². The van der Waals surface area contributed by atoms with Crippen LogP contribution in [0.1, 0.15) is 16.7 Å². The number of hydrogen-bond donors (Lipinski definition) is 2. The van der Waals surface area contributed by atoms with Crippen molar-refractivity contribution < 1.29 is 9.53 Å². The number of anilines is 2. The van der Waals surface area contributed by atoms with Crippen LogP contribution in [0, 0.1) is 13.8 Å². The van der Waals surface area contributed by atoms with E-state index in [9.17, 15) is 4.79 Å². The van der Waals surface area contributed by atoms with E-state index in [4.69, 9.17) is 16.3 Å². The average molecular weight is 395 g/mol. The van der Waals surface area contributed by atoms with Crippen LogP contribution >= 0.6 is 11.6 Å². The quantitative estimate of drug-likeness (QED) is 0.549. The zero-order chi connectivity index (χ0) is 19.9. The van der Waals surface area contributed by atoms with E-state index in [1.807, 2.05) is 55.5 Å². The van der Waals surface area contributed by atoms with Gasteiger partial charge in [0.25, 0.3) is 5.91 Å². The van der Waals surface area contributed by atoms with Gasteiger partial charge in [-0.1, -0.05) is 41.9 Å². The Morgan fingerprint density at radius 1 is 0.964 bits per heavy atom. The highest BCUT2D eigenvalue weighted by molar-refractivity contribution is 6.31. The van der Waals surface area contributed by atoms with Crippen molar-refractivity contribution in [3.05, 3.63) is 88.4 Å². The van der Waals surface area contributed by atoms with E-state index >= 15 is 0 Å². The number of hydrogen-bond acceptors (Lipinski definition) is 3. The van der Waals surface area contributed by atoms with E-state index in [0.717, 1.165) is 16.8 Å². The molecule has 3 aromatic rings. The first-order valence-corrected chi connectivity index (χ1v) is 9.46. The van der Waals surface area contributed by atoms with Gasteiger partial charge in [0.2, 0.25) is 0 Å². The highest BCUT2D eigenvalue weighted by atomic mass is 35.5. The van der Waals surface area contributed by atoms with Gasteiger partial charge in [0.15, 0.2) is 6.61 Å². The summed E-state index contributed by atoms with van der Waals surface area (Å²) >= 11 is 6.08. The Morgan fingerprint density at radius 3 is 2.57 bits per heavy atom. The number of ether oxygens (including phenoxy) is 1. The fourth-order valence-electron chi connectivity index (χ4n) is 2.72. The molecule has 1 amide bonds. The molecule has 28 heavy (non-hydrogen) atoms. The Bertz CT molecular complexity index is 972. The summed E-state index contributed by atoms with van der Waals surface area (Å²) in [6.45, 7) is 4.59. The third-order valence-corrected chi connectivity index (χ3v) is 4.65. The maximum absolute atomic E-state index is 12.1. The Balaban J connectivity index is 1.52. The van der Waals surface area contributed by atoms with Crippen LogP contribution < -0.4 is 15.4 Å². The molecule has 0 aliphatic rings. The number of amides is 1. The molecule has 0 unspecified atom stereocenters. The van der Waals surface area contributed by atoms with Gasteiger partial charge in [0.1, 0.15) is 5.75 Å². The number of carbonyl (C=O) groups is 1. The molecular weight excluding hydrogens is 372 g/mol. The van der Waals surface area contributed by atoms with Gasteiger partial charge in [-0.2, -0.15) is 0 Å². The molecule has 0 fully saturated rings. The molecule has 0 aromatic heterocycles. The predicted molar refractivity (Wildman–Crippen MR) is 115 cm³/mol. The van der Waals surface area contributed by atoms with Gasteiger partial charge in [-0.05, 0) is 66.9 Å². The average Bonchev–Trinajstić information content (AvgIpc) is 2.68. The molecule has 0 heterocycles. The van der Waals surface area contributed by atoms with Gasteiger partial charge in [-0.15, -0.1) is 0 Å². The largest absolute Gasteiger partial charge is 0.484 e. The Morgan fingerprint density at radius 2 is 1.79 bits per heavy atom. The van der Waals surface area contributed by atoms with Crippen LogP contribution in [-0.4, -0.2) is 12.5 Å². The van der Waals surface area contributed by atoms with Gasteiger partial charge >= 0.3 is 0 Å². The van der Waals surface area contributed by atoms with Gasteiger partial charge in [-0.25, -0.2) is 0 Å². The van der Waals surface area contributed by atoms with Crippen LogP contribution in [0.3, 0.4) is 0 Å². The van der Waals surface area contributed by atoms with Crippen LogP contribution in [0.15, 0.2) is 66.7 Å². The number of aryl methyl sites for hydroxylation is 2. The summed E-state index contributed by atoms with van der Waals surface area (Å²) in [5.74, 6) is 0.420. The molecule has 5 heteroatoms. The van der Waals surface area contributed by atoms with Gasteiger partial charge < -0.3 is 15.4 Å². The van der Waals surface area contributed by atoms with Crippen molar-refractivity contribution in [3.63, 3.8) is 0 Å². The lowest BCUT2D eigenvalue weighted by Crippen LogP contribution is -2.20. The van der Waals surface area contributed by atoms with Crippen LogP contribution in [0.2, 0.25) is 5.02 Å². The van der Waals surface area contributed by atoms with Crippen LogP contribution in [-0.2, 0) is 11.3 Å². The van der Waals surface area contributed by atoms with Gasteiger partial charge in [0, 0.05) is 22.9 Å². The molecule has 0 saturated heterocycles. The molecule has 2 N–H and O–H groups in total. The molecule has 0 saturated carbocycles. The van der Waals surface area contributed by atoms with Crippen molar-refractivity contribution in [2.75, 3.05) is 17.2 Å². The lowest BCUT2D eigenvalue weighted by Gasteiger charge is -2.11. The molecule has 0 aliphatic carbocycles. The van der Waals surface area contributed by atoms with Crippen molar-refractivity contribution in [3.8, 4) is 5.75 Å². The third kappa shape index (κ3) is 5.76. The predicted octanol–water partition coefficient (Wildman–Crippen LogP) is 5.59. The van der Waals surface area contributed by atoms with Crippen molar-refractivity contribution in [1.29, 1.82) is 0 Å². The molecule has 3 rings (SSSR count). The summed E-state index contributed by atoms with van der Waals surface area (Å²) in [6, 6.07) is 21.3. The van der Waals surface area contributed by atoms with E-state index in [1.54, 1.807) is 6.07 Å². The number of halogens is 1.